The highest BCUT2D eigenvalue weighted by molar-refractivity contribution is 14.1. The predicted octanol–water partition coefficient (Wildman–Crippen LogP) is 1.59. The van der Waals surface area contributed by atoms with Crippen molar-refractivity contribution >= 4 is 34.2 Å². The summed E-state index contributed by atoms with van der Waals surface area (Å²) in [5.74, 6) is 0. The van der Waals surface area contributed by atoms with E-state index >= 15 is 0 Å². The average molecular weight is 365 g/mol. The fourth-order valence-electron chi connectivity index (χ4n) is 1.54. The zero-order valence-corrected chi connectivity index (χ0v) is 12.2. The van der Waals surface area contributed by atoms with Crippen LogP contribution in [0.5, 0.6) is 0 Å². The van der Waals surface area contributed by atoms with E-state index in [4.69, 9.17) is 11.6 Å². The Kier molecular flexibility index (Phi) is 3.53. The minimum absolute atomic E-state index is 0.135. The highest BCUT2D eigenvalue weighted by Crippen LogP contribution is 2.10. The molecule has 0 radical (unpaired) electrons. The van der Waals surface area contributed by atoms with Crippen LogP contribution in [0, 0.1) is 10.5 Å². The van der Waals surface area contributed by atoms with E-state index in [-0.39, 0.29) is 10.7 Å². The second-order valence-corrected chi connectivity index (χ2v) is 5.12. The Bertz CT molecular complexity index is 619. The van der Waals surface area contributed by atoms with Crippen LogP contribution in [0.1, 0.15) is 11.4 Å². The molecular weight excluding hydrogens is 354 g/mol. The first-order valence-electron chi connectivity index (χ1n) is 4.89. The lowest BCUT2D eigenvalue weighted by atomic mass is 10.3. The molecule has 0 atom stereocenters. The molecule has 2 aromatic rings. The van der Waals surface area contributed by atoms with Gasteiger partial charge in [0.1, 0.15) is 8.72 Å². The van der Waals surface area contributed by atoms with Gasteiger partial charge in [0.25, 0.3) is 5.56 Å². The van der Waals surface area contributed by atoms with Gasteiger partial charge in [0.15, 0.2) is 0 Å². The van der Waals surface area contributed by atoms with E-state index in [9.17, 15) is 4.79 Å². The molecule has 0 aliphatic rings. The van der Waals surface area contributed by atoms with Crippen LogP contribution < -0.4 is 5.56 Å². The van der Waals surface area contributed by atoms with Gasteiger partial charge in [-0.1, -0.05) is 11.6 Å². The molecule has 0 aliphatic carbocycles. The monoisotopic (exact) mass is 364 g/mol. The summed E-state index contributed by atoms with van der Waals surface area (Å²) >= 11 is 7.68. The number of halogens is 2. The summed E-state index contributed by atoms with van der Waals surface area (Å²) in [4.78, 5) is 15.9. The van der Waals surface area contributed by atoms with Crippen LogP contribution in [0.3, 0.4) is 0 Å². The maximum Gasteiger partial charge on any atom is 0.268 e. The standard InChI is InChI=1S/C10H10ClIN4O/c1-6-3-7(15(2)14-6)4-16-5-13-9(11)8(12)10(16)17/h3,5H,4H2,1-2H3. The Hall–Kier alpha value is -0.890. The van der Waals surface area contributed by atoms with Gasteiger partial charge in [-0.15, -0.1) is 0 Å². The quantitative estimate of drug-likeness (QED) is 0.601. The van der Waals surface area contributed by atoms with Crippen molar-refractivity contribution in [2.45, 2.75) is 13.5 Å². The molecular formula is C10H10ClIN4O. The fourth-order valence-corrected chi connectivity index (χ4v) is 2.12. The molecule has 5 nitrogen and oxygen atoms in total. The van der Waals surface area contributed by atoms with Crippen molar-refractivity contribution in [3.8, 4) is 0 Å². The van der Waals surface area contributed by atoms with Gasteiger partial charge >= 0.3 is 0 Å². The Morgan fingerprint density at radius 1 is 1.53 bits per heavy atom. The summed E-state index contributed by atoms with van der Waals surface area (Å²) in [6.07, 6.45) is 1.45. The summed E-state index contributed by atoms with van der Waals surface area (Å²) in [6, 6.07) is 1.94. The molecule has 0 fully saturated rings. The predicted molar refractivity (Wildman–Crippen MR) is 73.3 cm³/mol. The van der Waals surface area contributed by atoms with Crippen molar-refractivity contribution in [3.63, 3.8) is 0 Å². The first-order chi connectivity index (χ1) is 7.99. The van der Waals surface area contributed by atoms with Crippen LogP contribution in [0.25, 0.3) is 0 Å². The van der Waals surface area contributed by atoms with E-state index < -0.39 is 0 Å². The van der Waals surface area contributed by atoms with Gasteiger partial charge in [0, 0.05) is 7.05 Å². The number of hydrogen-bond donors (Lipinski definition) is 0. The first kappa shape index (κ1) is 12.6. The van der Waals surface area contributed by atoms with Gasteiger partial charge in [0.05, 0.1) is 24.3 Å². The zero-order chi connectivity index (χ0) is 12.6. The van der Waals surface area contributed by atoms with Crippen LogP contribution >= 0.6 is 34.2 Å². The Labute approximate surface area is 117 Å². The van der Waals surface area contributed by atoms with Crippen molar-refractivity contribution in [1.29, 1.82) is 0 Å². The van der Waals surface area contributed by atoms with E-state index in [0.29, 0.717) is 10.1 Å². The third-order valence-electron chi connectivity index (χ3n) is 2.37. The van der Waals surface area contributed by atoms with Crippen LogP contribution in [-0.4, -0.2) is 19.3 Å². The van der Waals surface area contributed by atoms with E-state index in [1.165, 1.54) is 10.9 Å². The van der Waals surface area contributed by atoms with Gasteiger partial charge in [0.2, 0.25) is 0 Å². The summed E-state index contributed by atoms with van der Waals surface area (Å²) in [6.45, 7) is 2.35. The second-order valence-electron chi connectivity index (χ2n) is 3.68. The third-order valence-corrected chi connectivity index (χ3v) is 3.95. The van der Waals surface area contributed by atoms with Crippen molar-refractivity contribution < 1.29 is 0 Å². The molecule has 2 aromatic heterocycles. The Morgan fingerprint density at radius 2 is 2.24 bits per heavy atom. The molecule has 0 amide bonds. The molecule has 7 heteroatoms. The normalized spacial score (nSPS) is 10.8. The van der Waals surface area contributed by atoms with Crippen molar-refractivity contribution in [1.82, 2.24) is 19.3 Å². The number of hydrogen-bond acceptors (Lipinski definition) is 3. The van der Waals surface area contributed by atoms with E-state index in [1.54, 1.807) is 4.68 Å². The summed E-state index contributed by atoms with van der Waals surface area (Å²) in [5, 5.41) is 4.47. The first-order valence-corrected chi connectivity index (χ1v) is 6.34. The maximum atomic E-state index is 11.9. The van der Waals surface area contributed by atoms with Gasteiger partial charge in [-0.05, 0) is 35.6 Å². The van der Waals surface area contributed by atoms with Gasteiger partial charge in [-0.3, -0.25) is 14.0 Å². The summed E-state index contributed by atoms with van der Waals surface area (Å²) < 4.78 is 3.71. The van der Waals surface area contributed by atoms with Crippen LogP contribution in [-0.2, 0) is 13.6 Å². The van der Waals surface area contributed by atoms with Crippen LogP contribution in [0.15, 0.2) is 17.2 Å². The third kappa shape index (κ3) is 2.52. The van der Waals surface area contributed by atoms with Crippen LogP contribution in [0.2, 0.25) is 5.15 Å². The molecule has 2 heterocycles. The SMILES string of the molecule is Cc1cc(Cn2cnc(Cl)c(I)c2=O)n(C)n1. The highest BCUT2D eigenvalue weighted by Gasteiger charge is 2.09. The van der Waals surface area contributed by atoms with Crippen molar-refractivity contribution in [2.75, 3.05) is 0 Å². The average Bonchev–Trinajstić information content (AvgIpc) is 2.58. The lowest BCUT2D eigenvalue weighted by molar-refractivity contribution is 0.641. The molecule has 0 saturated heterocycles. The molecule has 0 aliphatic heterocycles. The topological polar surface area (TPSA) is 52.7 Å². The number of rotatable bonds is 2. The molecule has 2 rings (SSSR count). The molecule has 90 valence electrons. The molecule has 0 unspecified atom stereocenters. The van der Waals surface area contributed by atoms with Crippen molar-refractivity contribution in [2.24, 2.45) is 7.05 Å². The minimum atomic E-state index is -0.135. The Balaban J connectivity index is 2.41. The zero-order valence-electron chi connectivity index (χ0n) is 9.31. The smallest absolute Gasteiger partial charge is 0.268 e. The largest absolute Gasteiger partial charge is 0.292 e. The lowest BCUT2D eigenvalue weighted by Gasteiger charge is -2.06. The Morgan fingerprint density at radius 3 is 2.82 bits per heavy atom. The molecule has 0 bridgehead atoms. The van der Waals surface area contributed by atoms with Crippen LogP contribution in [0.4, 0.5) is 0 Å². The lowest BCUT2D eigenvalue weighted by Crippen LogP contribution is -2.24. The fraction of sp³-hybridized carbons (Fsp3) is 0.300. The summed E-state index contributed by atoms with van der Waals surface area (Å²) in [5.41, 5.74) is 1.74. The molecule has 0 saturated carbocycles. The van der Waals surface area contributed by atoms with Gasteiger partial charge in [-0.2, -0.15) is 5.10 Å². The second kappa shape index (κ2) is 4.77. The molecule has 17 heavy (non-hydrogen) atoms. The number of aromatic nitrogens is 4. The van der Waals surface area contributed by atoms with E-state index in [2.05, 4.69) is 10.1 Å². The molecule has 0 aromatic carbocycles. The van der Waals surface area contributed by atoms with E-state index in [0.717, 1.165) is 11.4 Å². The van der Waals surface area contributed by atoms with Gasteiger partial charge < -0.3 is 0 Å². The van der Waals surface area contributed by atoms with Crippen molar-refractivity contribution in [3.05, 3.63) is 42.9 Å². The number of nitrogens with zero attached hydrogens (tertiary/aromatic N) is 4. The summed E-state index contributed by atoms with van der Waals surface area (Å²) in [7, 11) is 1.85. The minimum Gasteiger partial charge on any atom is -0.292 e. The molecule has 0 spiro atoms. The van der Waals surface area contributed by atoms with E-state index in [1.807, 2.05) is 42.6 Å². The number of aryl methyl sites for hydroxylation is 2. The maximum absolute atomic E-state index is 11.9. The van der Waals surface area contributed by atoms with Gasteiger partial charge in [-0.25, -0.2) is 4.98 Å². The highest BCUT2D eigenvalue weighted by atomic mass is 127. The molecule has 0 N–H and O–H groups in total.